The molecule has 1 heterocycles. The van der Waals surface area contributed by atoms with Crippen molar-refractivity contribution in [2.45, 2.75) is 38.0 Å². The maximum Gasteiger partial charge on any atom is 0.191 e. The van der Waals surface area contributed by atoms with Crippen LogP contribution in [0, 0.1) is 0 Å². The van der Waals surface area contributed by atoms with Crippen LogP contribution < -0.4 is 10.6 Å². The van der Waals surface area contributed by atoms with Crippen molar-refractivity contribution >= 4 is 29.3 Å². The van der Waals surface area contributed by atoms with E-state index in [0.717, 1.165) is 61.4 Å². The Hall–Kier alpha value is -0.910. The lowest BCUT2D eigenvalue weighted by atomic mass is 9.99. The molecule has 0 spiro atoms. The summed E-state index contributed by atoms with van der Waals surface area (Å²) in [4.78, 5) is 4.70. The second kappa shape index (κ2) is 10.2. The molecule has 0 saturated carbocycles. The molecule has 6 heteroatoms. The van der Waals surface area contributed by atoms with E-state index < -0.39 is 0 Å². The summed E-state index contributed by atoms with van der Waals surface area (Å²) < 4.78 is 5.80. The van der Waals surface area contributed by atoms with E-state index in [1.54, 1.807) is 0 Å². The Labute approximate surface area is 154 Å². The van der Waals surface area contributed by atoms with Crippen LogP contribution in [0.5, 0.6) is 0 Å². The fraction of sp³-hybridized carbons (Fsp3) is 0.611. The molecule has 0 aliphatic carbocycles. The van der Waals surface area contributed by atoms with Crippen LogP contribution in [0.4, 0.5) is 0 Å². The average molecular weight is 370 g/mol. The van der Waals surface area contributed by atoms with Crippen molar-refractivity contribution in [3.05, 3.63) is 34.9 Å². The first kappa shape index (κ1) is 19.4. The van der Waals surface area contributed by atoms with Crippen molar-refractivity contribution < 1.29 is 4.74 Å². The molecule has 0 amide bonds. The van der Waals surface area contributed by atoms with E-state index in [1.165, 1.54) is 0 Å². The average Bonchev–Trinajstić information content (AvgIpc) is 2.60. The molecule has 1 aliphatic heterocycles. The van der Waals surface area contributed by atoms with Gasteiger partial charge in [-0.2, -0.15) is 11.8 Å². The van der Waals surface area contributed by atoms with Crippen molar-refractivity contribution in [2.75, 3.05) is 32.1 Å². The number of rotatable bonds is 7. The molecule has 1 saturated heterocycles. The van der Waals surface area contributed by atoms with Gasteiger partial charge in [0.2, 0.25) is 0 Å². The molecule has 2 rings (SSSR count). The number of hydrogen-bond acceptors (Lipinski definition) is 3. The highest BCUT2D eigenvalue weighted by atomic mass is 35.5. The summed E-state index contributed by atoms with van der Waals surface area (Å²) in [6, 6.07) is 7.84. The Kier molecular flexibility index (Phi) is 8.22. The van der Waals surface area contributed by atoms with Crippen molar-refractivity contribution in [1.29, 1.82) is 0 Å². The van der Waals surface area contributed by atoms with Gasteiger partial charge in [0.05, 0.1) is 6.54 Å². The van der Waals surface area contributed by atoms with Gasteiger partial charge in [-0.3, -0.25) is 0 Å². The van der Waals surface area contributed by atoms with Gasteiger partial charge in [-0.25, -0.2) is 4.99 Å². The van der Waals surface area contributed by atoms with E-state index in [0.29, 0.717) is 6.54 Å². The predicted octanol–water partition coefficient (Wildman–Crippen LogP) is 3.70. The number of halogens is 1. The molecule has 1 aromatic carbocycles. The van der Waals surface area contributed by atoms with Gasteiger partial charge in [0, 0.05) is 36.1 Å². The number of aliphatic imine (C=N–C) groups is 1. The van der Waals surface area contributed by atoms with Crippen LogP contribution in [0.15, 0.2) is 29.3 Å². The zero-order valence-corrected chi connectivity index (χ0v) is 16.2. The maximum absolute atomic E-state index is 5.93. The largest absolute Gasteiger partial charge is 0.381 e. The topological polar surface area (TPSA) is 45.7 Å². The fourth-order valence-electron chi connectivity index (χ4n) is 2.77. The van der Waals surface area contributed by atoms with Gasteiger partial charge in [-0.1, -0.05) is 30.7 Å². The van der Waals surface area contributed by atoms with Gasteiger partial charge in [0.15, 0.2) is 5.96 Å². The third-order valence-corrected chi connectivity index (χ3v) is 5.82. The minimum atomic E-state index is 0.253. The highest BCUT2D eigenvalue weighted by molar-refractivity contribution is 8.00. The summed E-state index contributed by atoms with van der Waals surface area (Å²) in [6.07, 6.45) is 2.18. The number of hydrogen-bond donors (Lipinski definition) is 2. The van der Waals surface area contributed by atoms with Crippen LogP contribution in [-0.4, -0.2) is 42.8 Å². The Balaban J connectivity index is 1.95. The minimum Gasteiger partial charge on any atom is -0.381 e. The number of thioether (sulfide) groups is 1. The molecule has 1 aliphatic rings. The SMILES string of the molecule is CCNC(=NCc1ccc(Cl)cc1)NCC1(SCC)CCOCC1. The van der Waals surface area contributed by atoms with Crippen molar-refractivity contribution in [3.63, 3.8) is 0 Å². The molecule has 1 fully saturated rings. The molecule has 0 atom stereocenters. The fourth-order valence-corrected chi connectivity index (χ4v) is 4.14. The maximum atomic E-state index is 5.93. The summed E-state index contributed by atoms with van der Waals surface area (Å²) in [7, 11) is 0. The van der Waals surface area contributed by atoms with E-state index in [-0.39, 0.29) is 4.75 Å². The third-order valence-electron chi connectivity index (χ3n) is 4.11. The lowest BCUT2D eigenvalue weighted by Gasteiger charge is -2.37. The smallest absolute Gasteiger partial charge is 0.191 e. The molecule has 2 N–H and O–H groups in total. The van der Waals surface area contributed by atoms with Crippen LogP contribution in [0.1, 0.15) is 32.3 Å². The Morgan fingerprint density at radius 1 is 1.21 bits per heavy atom. The number of guanidine groups is 1. The first-order valence-electron chi connectivity index (χ1n) is 8.66. The van der Waals surface area contributed by atoms with Gasteiger partial charge in [-0.15, -0.1) is 0 Å². The first-order chi connectivity index (χ1) is 11.7. The summed E-state index contributed by atoms with van der Waals surface area (Å²) in [6.45, 7) is 8.43. The van der Waals surface area contributed by atoms with E-state index >= 15 is 0 Å². The summed E-state index contributed by atoms with van der Waals surface area (Å²) >= 11 is 7.97. The molecule has 1 aromatic rings. The molecule has 134 valence electrons. The number of nitrogens with one attached hydrogen (secondary N) is 2. The van der Waals surface area contributed by atoms with Crippen LogP contribution >= 0.6 is 23.4 Å². The quantitative estimate of drug-likeness (QED) is 0.568. The highest BCUT2D eigenvalue weighted by Crippen LogP contribution is 2.34. The number of benzene rings is 1. The van der Waals surface area contributed by atoms with Crippen LogP contribution in [0.2, 0.25) is 5.02 Å². The Bertz CT molecular complexity index is 510. The zero-order chi connectivity index (χ0) is 17.3. The van der Waals surface area contributed by atoms with E-state index in [1.807, 2.05) is 36.0 Å². The lowest BCUT2D eigenvalue weighted by Crippen LogP contribution is -2.48. The molecule has 4 nitrogen and oxygen atoms in total. The molecule has 0 unspecified atom stereocenters. The van der Waals surface area contributed by atoms with Gasteiger partial charge >= 0.3 is 0 Å². The predicted molar refractivity (Wildman–Crippen MR) is 105 cm³/mol. The molecule has 0 bridgehead atoms. The van der Waals surface area contributed by atoms with Crippen LogP contribution in [0.3, 0.4) is 0 Å². The highest BCUT2D eigenvalue weighted by Gasteiger charge is 2.32. The van der Waals surface area contributed by atoms with Gasteiger partial charge in [0.25, 0.3) is 0 Å². The Morgan fingerprint density at radius 3 is 2.54 bits per heavy atom. The van der Waals surface area contributed by atoms with Crippen molar-refractivity contribution in [2.24, 2.45) is 4.99 Å². The van der Waals surface area contributed by atoms with Crippen molar-refractivity contribution in [3.8, 4) is 0 Å². The first-order valence-corrected chi connectivity index (χ1v) is 10.0. The molecule has 0 radical (unpaired) electrons. The summed E-state index contributed by atoms with van der Waals surface area (Å²) in [5, 5.41) is 7.62. The van der Waals surface area contributed by atoms with Crippen molar-refractivity contribution in [1.82, 2.24) is 10.6 Å². The van der Waals surface area contributed by atoms with E-state index in [9.17, 15) is 0 Å². The molecule has 0 aromatic heterocycles. The number of ether oxygens (including phenoxy) is 1. The van der Waals surface area contributed by atoms with E-state index in [4.69, 9.17) is 21.3 Å². The van der Waals surface area contributed by atoms with Gasteiger partial charge < -0.3 is 15.4 Å². The lowest BCUT2D eigenvalue weighted by molar-refractivity contribution is 0.0782. The zero-order valence-electron chi connectivity index (χ0n) is 14.6. The minimum absolute atomic E-state index is 0.253. The van der Waals surface area contributed by atoms with E-state index in [2.05, 4.69) is 24.5 Å². The van der Waals surface area contributed by atoms with Crippen LogP contribution in [-0.2, 0) is 11.3 Å². The molecule has 24 heavy (non-hydrogen) atoms. The normalized spacial score (nSPS) is 17.5. The standard InChI is InChI=1S/C18H28ClN3OS/c1-3-20-17(21-13-15-5-7-16(19)8-6-15)22-14-18(24-4-2)9-11-23-12-10-18/h5-8H,3-4,9-14H2,1-2H3,(H2,20,21,22). The second-order valence-corrected chi connectivity index (χ2v) is 8.07. The van der Waals surface area contributed by atoms with Gasteiger partial charge in [-0.05, 0) is 43.2 Å². The number of nitrogens with zero attached hydrogens (tertiary/aromatic N) is 1. The molecular weight excluding hydrogens is 342 g/mol. The van der Waals surface area contributed by atoms with Gasteiger partial charge in [0.1, 0.15) is 0 Å². The monoisotopic (exact) mass is 369 g/mol. The molecular formula is C18H28ClN3OS. The van der Waals surface area contributed by atoms with Crippen LogP contribution in [0.25, 0.3) is 0 Å². The Morgan fingerprint density at radius 2 is 1.92 bits per heavy atom. The summed E-state index contributed by atoms with van der Waals surface area (Å²) in [5.41, 5.74) is 1.15. The second-order valence-electron chi connectivity index (χ2n) is 5.90. The summed E-state index contributed by atoms with van der Waals surface area (Å²) in [5.74, 6) is 2.00. The third kappa shape index (κ3) is 6.19.